The number of esters is 2. The van der Waals surface area contributed by atoms with E-state index in [0.29, 0.717) is 64.6 Å². The first-order valence-corrected chi connectivity index (χ1v) is 20.5. The number of aliphatic hydroxyl groups is 1. The fourth-order valence-corrected chi connectivity index (χ4v) is 12.5. The Labute approximate surface area is 333 Å². The highest BCUT2D eigenvalue weighted by molar-refractivity contribution is 7.99. The van der Waals surface area contributed by atoms with Gasteiger partial charge in [0.15, 0.2) is 28.5 Å². The van der Waals surface area contributed by atoms with Gasteiger partial charge in [-0.1, -0.05) is 17.7 Å². The number of aliphatic hydroxyl groups excluding tert-OH is 1. The molecule has 15 heteroatoms. The lowest BCUT2D eigenvalue weighted by atomic mass is 9.73. The number of phenols is 1. The zero-order valence-electron chi connectivity index (χ0n) is 32.7. The highest BCUT2D eigenvalue weighted by Crippen LogP contribution is 2.64. The van der Waals surface area contributed by atoms with Crippen LogP contribution < -0.4 is 30.0 Å². The lowest BCUT2D eigenvalue weighted by Gasteiger charge is -2.62. The number of nitrogens with one attached hydrogen (secondary N) is 2. The van der Waals surface area contributed by atoms with Crippen LogP contribution in [-0.2, 0) is 32.7 Å². The topological polar surface area (TPSA) is 181 Å². The van der Waals surface area contributed by atoms with Gasteiger partial charge in [0, 0.05) is 64.5 Å². The Bertz CT molecular complexity index is 2400. The number of aryl methyl sites for hydroxylation is 2. The molecule has 6 N–H and O–H groups in total. The third-order valence-corrected chi connectivity index (χ3v) is 14.7. The normalized spacial score (nSPS) is 30.0. The number of aromatic nitrogens is 1. The van der Waals surface area contributed by atoms with E-state index in [9.17, 15) is 15.0 Å². The van der Waals surface area contributed by atoms with Crippen LogP contribution in [0.5, 0.6) is 28.7 Å². The SMILES string of the molecule is COc1c(C)cc2c(c1O)[C@@H]1[C@@H]3[C@@H]4SC[C@]5(N[C@H](CN)Cc6c5[nH]c5ccc(C)cc65)C(=O)OC[C@@H](c5c6c(c(C)c(OC(C)=O)c54)OCO6)N3[C@@H](O)[C@H](C2)N1C. The number of benzene rings is 3. The number of aromatic hydroxyl groups is 1. The monoisotopic (exact) mass is 797 g/mol. The molecular weight excluding hydrogens is 751 g/mol. The van der Waals surface area contributed by atoms with E-state index in [1.807, 2.05) is 44.0 Å². The number of ether oxygens (including phenoxy) is 5. The van der Waals surface area contributed by atoms with Gasteiger partial charge in [0.25, 0.3) is 0 Å². The van der Waals surface area contributed by atoms with Gasteiger partial charge < -0.3 is 44.6 Å². The minimum Gasteiger partial charge on any atom is -0.504 e. The maximum absolute atomic E-state index is 15.0. The molecule has 8 atom stereocenters. The molecule has 2 fully saturated rings. The zero-order chi connectivity index (χ0) is 39.8. The van der Waals surface area contributed by atoms with Crippen molar-refractivity contribution in [2.24, 2.45) is 5.73 Å². The summed E-state index contributed by atoms with van der Waals surface area (Å²) in [5.74, 6) is 0.936. The van der Waals surface area contributed by atoms with E-state index >= 15 is 4.79 Å². The van der Waals surface area contributed by atoms with Crippen LogP contribution >= 0.6 is 11.8 Å². The molecule has 11 rings (SSSR count). The summed E-state index contributed by atoms with van der Waals surface area (Å²) >= 11 is 1.52. The molecule has 3 aromatic carbocycles. The molecule has 4 bridgehead atoms. The van der Waals surface area contributed by atoms with Crippen molar-refractivity contribution in [1.82, 2.24) is 20.1 Å². The van der Waals surface area contributed by atoms with E-state index in [-0.39, 0.29) is 37.0 Å². The first-order chi connectivity index (χ1) is 27.4. The second kappa shape index (κ2) is 13.0. The van der Waals surface area contributed by atoms with Crippen LogP contribution in [-0.4, -0.2) is 101 Å². The molecule has 0 unspecified atom stereocenters. The van der Waals surface area contributed by atoms with Crippen molar-refractivity contribution in [2.75, 3.05) is 39.9 Å². The van der Waals surface area contributed by atoms with Crippen molar-refractivity contribution in [3.8, 4) is 28.7 Å². The van der Waals surface area contributed by atoms with Gasteiger partial charge in [-0.05, 0) is 69.5 Å². The lowest BCUT2D eigenvalue weighted by Crippen LogP contribution is -2.70. The van der Waals surface area contributed by atoms with Crippen molar-refractivity contribution in [3.05, 3.63) is 74.5 Å². The highest BCUT2D eigenvalue weighted by Gasteiger charge is 2.62. The Morgan fingerprint density at radius 1 is 1.09 bits per heavy atom. The van der Waals surface area contributed by atoms with Crippen LogP contribution in [0.3, 0.4) is 0 Å². The Hall–Kier alpha value is -4.51. The summed E-state index contributed by atoms with van der Waals surface area (Å²) in [5.41, 5.74) is 13.2. The Balaban J connectivity index is 1.24. The average Bonchev–Trinajstić information content (AvgIpc) is 3.82. The molecule has 0 radical (unpaired) electrons. The molecule has 7 aliphatic heterocycles. The number of aromatic amines is 1. The number of rotatable bonds is 3. The molecule has 14 nitrogen and oxygen atoms in total. The summed E-state index contributed by atoms with van der Waals surface area (Å²) in [7, 11) is 3.53. The maximum atomic E-state index is 15.0. The highest BCUT2D eigenvalue weighted by atomic mass is 32.2. The number of H-pyrrole nitrogens is 1. The first kappa shape index (κ1) is 36.8. The summed E-state index contributed by atoms with van der Waals surface area (Å²) in [6.07, 6.45) is 0.0526. The van der Waals surface area contributed by atoms with E-state index in [1.54, 1.807) is 7.11 Å². The molecule has 1 aromatic heterocycles. The number of carbonyl (C=O) groups excluding carboxylic acids is 2. The number of nitrogens with zero attached hydrogens (tertiary/aromatic N) is 2. The van der Waals surface area contributed by atoms with E-state index in [0.717, 1.165) is 38.9 Å². The van der Waals surface area contributed by atoms with Gasteiger partial charge in [-0.3, -0.25) is 19.9 Å². The van der Waals surface area contributed by atoms with E-state index < -0.39 is 47.1 Å². The molecule has 2 saturated heterocycles. The van der Waals surface area contributed by atoms with Crippen molar-refractivity contribution in [2.45, 2.75) is 87.8 Å². The number of phenolic OH excluding ortho intramolecular Hbond substituents is 1. The third-order valence-electron chi connectivity index (χ3n) is 13.3. The molecule has 57 heavy (non-hydrogen) atoms. The minimum atomic E-state index is -1.35. The Morgan fingerprint density at radius 2 is 1.88 bits per heavy atom. The summed E-state index contributed by atoms with van der Waals surface area (Å²) in [6, 6.07) is 5.86. The first-order valence-electron chi connectivity index (χ1n) is 19.5. The van der Waals surface area contributed by atoms with Crippen molar-refractivity contribution in [3.63, 3.8) is 0 Å². The largest absolute Gasteiger partial charge is 0.504 e. The predicted molar refractivity (Wildman–Crippen MR) is 211 cm³/mol. The molecule has 300 valence electrons. The summed E-state index contributed by atoms with van der Waals surface area (Å²) in [5, 5.41) is 28.9. The van der Waals surface area contributed by atoms with Gasteiger partial charge in [-0.15, -0.1) is 11.8 Å². The van der Waals surface area contributed by atoms with Gasteiger partial charge in [-0.2, -0.15) is 0 Å². The number of hydrogen-bond donors (Lipinski definition) is 5. The van der Waals surface area contributed by atoms with E-state index in [4.69, 9.17) is 29.4 Å². The summed E-state index contributed by atoms with van der Waals surface area (Å²) in [6.45, 7) is 7.25. The Kier molecular flexibility index (Phi) is 8.39. The van der Waals surface area contributed by atoms with Crippen LogP contribution in [0.2, 0.25) is 0 Å². The van der Waals surface area contributed by atoms with Crippen LogP contribution in [0.15, 0.2) is 24.3 Å². The number of methoxy groups -OCH3 is 1. The standard InChI is InChI=1S/C42H47N5O9S/c1-17-7-8-25-23(9-17)24-12-22(13-43)45-42(39(24)44-25)15-57-38-30-29(37-36(54-16-55-37)19(3)35(30)56-20(4)48)27(14-53-41(42)51)47-32(38)31-28-21(11-26(40(47)50)46(31)5)10-18(2)34(52-6)33(28)49/h7-10,22,26-27,31-32,38,40,44-45,49-50H,11-16,43H2,1-6H3/t22-,26-,27-,31+,32+,38+,40-,42+/m0/s1. The average molecular weight is 798 g/mol. The van der Waals surface area contributed by atoms with Gasteiger partial charge in [0.2, 0.25) is 6.79 Å². The van der Waals surface area contributed by atoms with Crippen LogP contribution in [0.4, 0.5) is 0 Å². The van der Waals surface area contributed by atoms with Crippen molar-refractivity contribution in [1.29, 1.82) is 0 Å². The second-order valence-electron chi connectivity index (χ2n) is 16.4. The summed E-state index contributed by atoms with van der Waals surface area (Å²) < 4.78 is 30.8. The summed E-state index contributed by atoms with van der Waals surface area (Å²) in [4.78, 5) is 35.9. The second-order valence-corrected chi connectivity index (χ2v) is 17.5. The predicted octanol–water partition coefficient (Wildman–Crippen LogP) is 3.82. The van der Waals surface area contributed by atoms with Gasteiger partial charge in [-0.25, -0.2) is 4.79 Å². The quantitative estimate of drug-likeness (QED) is 0.149. The van der Waals surface area contributed by atoms with Crippen LogP contribution in [0.25, 0.3) is 10.9 Å². The van der Waals surface area contributed by atoms with Gasteiger partial charge >= 0.3 is 11.9 Å². The van der Waals surface area contributed by atoms with Crippen LogP contribution in [0, 0.1) is 20.8 Å². The lowest BCUT2D eigenvalue weighted by molar-refractivity contribution is -0.186. The Morgan fingerprint density at radius 3 is 2.63 bits per heavy atom. The van der Waals surface area contributed by atoms with Crippen molar-refractivity contribution >= 4 is 34.6 Å². The number of carbonyl (C=O) groups is 2. The van der Waals surface area contributed by atoms with E-state index in [2.05, 4.69) is 28.2 Å². The molecular formula is C42H47N5O9S. The van der Waals surface area contributed by atoms with Crippen LogP contribution in [0.1, 0.15) is 74.5 Å². The fraction of sp³-hybridized carbons (Fsp3) is 0.476. The molecule has 1 spiro atoms. The van der Waals surface area contributed by atoms with E-state index in [1.165, 1.54) is 18.7 Å². The molecule has 4 aromatic rings. The number of fused-ring (bicyclic) bond motifs is 11. The molecule has 7 aliphatic rings. The fourth-order valence-electron chi connectivity index (χ4n) is 10.9. The minimum absolute atomic E-state index is 0.0486. The zero-order valence-corrected chi connectivity index (χ0v) is 33.5. The molecule has 0 saturated carbocycles. The smallest absolute Gasteiger partial charge is 0.333 e. The number of piperazine rings is 1. The number of thioether (sulfide) groups is 1. The number of nitrogens with two attached hydrogens (primary N) is 1. The van der Waals surface area contributed by atoms with Crippen molar-refractivity contribution < 1.29 is 43.5 Å². The van der Waals surface area contributed by atoms with Gasteiger partial charge in [0.1, 0.15) is 18.6 Å². The number of hydrogen-bond acceptors (Lipinski definition) is 14. The maximum Gasteiger partial charge on any atom is 0.333 e. The third kappa shape index (κ3) is 5.02. The molecule has 8 heterocycles. The number of likely N-dealkylation sites (N-methyl/N-ethyl adjacent to an activating group) is 1. The molecule has 0 aliphatic carbocycles. The molecule has 0 amide bonds. The van der Waals surface area contributed by atoms with Gasteiger partial charge in [0.05, 0.1) is 36.2 Å².